The monoisotopic (exact) mass is 408 g/mol. The third kappa shape index (κ3) is 5.13. The van der Waals surface area contributed by atoms with Gasteiger partial charge >= 0.3 is 0 Å². The van der Waals surface area contributed by atoms with Crippen LogP contribution in [0.25, 0.3) is 0 Å². The molecule has 0 saturated heterocycles. The molecule has 1 heterocycles. The van der Waals surface area contributed by atoms with Crippen LogP contribution in [0.15, 0.2) is 42.5 Å². The van der Waals surface area contributed by atoms with Gasteiger partial charge in [0.25, 0.3) is 0 Å². The Labute approximate surface area is 163 Å². The van der Waals surface area contributed by atoms with Gasteiger partial charge in [-0.3, -0.25) is 9.10 Å². The van der Waals surface area contributed by atoms with Gasteiger partial charge in [-0.25, -0.2) is 12.8 Å². The second-order valence-corrected chi connectivity index (χ2v) is 8.29. The molecule has 1 aliphatic rings. The summed E-state index contributed by atoms with van der Waals surface area (Å²) in [6, 6.07) is 10.6. The summed E-state index contributed by atoms with van der Waals surface area (Å²) < 4.78 is 48.8. The fourth-order valence-corrected chi connectivity index (χ4v) is 3.78. The minimum atomic E-state index is -3.54. The van der Waals surface area contributed by atoms with Gasteiger partial charge in [-0.1, -0.05) is 6.07 Å². The average Bonchev–Trinajstić information content (AvgIpc) is 3.11. The van der Waals surface area contributed by atoms with Crippen LogP contribution in [0.4, 0.5) is 10.1 Å². The van der Waals surface area contributed by atoms with Crippen LogP contribution in [-0.4, -0.2) is 33.9 Å². The van der Waals surface area contributed by atoms with Crippen LogP contribution in [0.2, 0.25) is 0 Å². The molecule has 2 aromatic rings. The number of halogens is 1. The number of nitrogens with zero attached hydrogens (tertiary/aromatic N) is 1. The molecule has 1 aliphatic heterocycles. The number of benzene rings is 2. The maximum atomic E-state index is 13.1. The summed E-state index contributed by atoms with van der Waals surface area (Å²) in [6.45, 7) is 0.654. The Kier molecular flexibility index (Phi) is 6.03. The summed E-state index contributed by atoms with van der Waals surface area (Å²) in [6.07, 6.45) is 1.57. The fourth-order valence-electron chi connectivity index (χ4n) is 2.82. The molecule has 3 rings (SSSR count). The van der Waals surface area contributed by atoms with E-state index in [9.17, 15) is 17.6 Å². The maximum absolute atomic E-state index is 13.1. The highest BCUT2D eigenvalue weighted by molar-refractivity contribution is 7.92. The molecule has 0 aliphatic carbocycles. The molecule has 0 radical (unpaired) electrons. The SMILES string of the molecule is CS(=O)(=O)N(CCCC(=O)NCc1ccc2c(c1)OCO2)c1ccc(F)cc1. The molecule has 1 amide bonds. The smallest absolute Gasteiger partial charge is 0.232 e. The van der Waals surface area contributed by atoms with E-state index in [4.69, 9.17) is 9.47 Å². The first-order valence-corrected chi connectivity index (χ1v) is 10.6. The van der Waals surface area contributed by atoms with Crippen molar-refractivity contribution in [2.75, 3.05) is 23.9 Å². The van der Waals surface area contributed by atoms with E-state index < -0.39 is 15.8 Å². The normalized spacial score (nSPS) is 12.6. The van der Waals surface area contributed by atoms with Crippen LogP contribution in [-0.2, 0) is 21.4 Å². The highest BCUT2D eigenvalue weighted by atomic mass is 32.2. The molecule has 0 spiro atoms. The standard InChI is InChI=1S/C19H21FN2O5S/c1-28(24,25)22(16-7-5-15(20)6-8-16)10-2-3-19(23)21-12-14-4-9-17-18(11-14)27-13-26-17/h4-9,11H,2-3,10,12-13H2,1H3,(H,21,23). The van der Waals surface area contributed by atoms with E-state index in [2.05, 4.69) is 5.32 Å². The first-order chi connectivity index (χ1) is 13.3. The van der Waals surface area contributed by atoms with E-state index >= 15 is 0 Å². The number of amides is 1. The molecule has 9 heteroatoms. The van der Waals surface area contributed by atoms with Gasteiger partial charge in [0.2, 0.25) is 22.7 Å². The number of anilines is 1. The van der Waals surface area contributed by atoms with E-state index in [0.29, 0.717) is 30.2 Å². The average molecular weight is 408 g/mol. The Hall–Kier alpha value is -2.81. The van der Waals surface area contributed by atoms with Crippen molar-refractivity contribution in [3.8, 4) is 11.5 Å². The molecule has 0 fully saturated rings. The van der Waals surface area contributed by atoms with Crippen molar-refractivity contribution < 1.29 is 27.1 Å². The number of rotatable bonds is 8. The highest BCUT2D eigenvalue weighted by Crippen LogP contribution is 2.32. The zero-order valence-corrected chi connectivity index (χ0v) is 16.2. The number of fused-ring (bicyclic) bond motifs is 1. The van der Waals surface area contributed by atoms with Crippen LogP contribution < -0.4 is 19.1 Å². The lowest BCUT2D eigenvalue weighted by Gasteiger charge is -2.22. The van der Waals surface area contributed by atoms with Crippen molar-refractivity contribution in [3.05, 3.63) is 53.8 Å². The van der Waals surface area contributed by atoms with Gasteiger partial charge in [-0.2, -0.15) is 0 Å². The minimum Gasteiger partial charge on any atom is -0.454 e. The van der Waals surface area contributed by atoms with Gasteiger partial charge in [0, 0.05) is 19.5 Å². The Bertz CT molecular complexity index is 947. The predicted octanol–water partition coefficient (Wildman–Crippen LogP) is 2.42. The molecule has 7 nitrogen and oxygen atoms in total. The molecule has 150 valence electrons. The van der Waals surface area contributed by atoms with Gasteiger partial charge in [-0.15, -0.1) is 0 Å². The molecular weight excluding hydrogens is 387 g/mol. The topological polar surface area (TPSA) is 84.9 Å². The molecule has 0 bridgehead atoms. The van der Waals surface area contributed by atoms with Crippen LogP contribution in [0, 0.1) is 5.82 Å². The van der Waals surface area contributed by atoms with Crippen molar-refractivity contribution in [2.24, 2.45) is 0 Å². The lowest BCUT2D eigenvalue weighted by atomic mass is 10.2. The lowest BCUT2D eigenvalue weighted by Crippen LogP contribution is -2.32. The zero-order valence-electron chi connectivity index (χ0n) is 15.4. The molecule has 0 atom stereocenters. The first kappa shape index (κ1) is 19.9. The third-order valence-corrected chi connectivity index (χ3v) is 5.40. The van der Waals surface area contributed by atoms with Crippen molar-refractivity contribution in [3.63, 3.8) is 0 Å². The number of carbonyl (C=O) groups is 1. The largest absolute Gasteiger partial charge is 0.454 e. The van der Waals surface area contributed by atoms with Crippen molar-refractivity contribution in [1.82, 2.24) is 5.32 Å². The number of nitrogens with one attached hydrogen (secondary N) is 1. The van der Waals surface area contributed by atoms with E-state index in [1.165, 1.54) is 24.3 Å². The van der Waals surface area contributed by atoms with Gasteiger partial charge < -0.3 is 14.8 Å². The number of hydrogen-bond acceptors (Lipinski definition) is 5. The molecule has 0 saturated carbocycles. The maximum Gasteiger partial charge on any atom is 0.232 e. The molecule has 0 aromatic heterocycles. The first-order valence-electron chi connectivity index (χ1n) is 8.71. The van der Waals surface area contributed by atoms with Crippen molar-refractivity contribution >= 4 is 21.6 Å². The minimum absolute atomic E-state index is 0.127. The van der Waals surface area contributed by atoms with E-state index in [1.54, 1.807) is 6.07 Å². The molecule has 0 unspecified atom stereocenters. The number of hydrogen-bond donors (Lipinski definition) is 1. The summed E-state index contributed by atoms with van der Waals surface area (Å²) in [5.74, 6) is 0.692. The molecule has 1 N–H and O–H groups in total. The van der Waals surface area contributed by atoms with Crippen molar-refractivity contribution in [1.29, 1.82) is 0 Å². The summed E-state index contributed by atoms with van der Waals surface area (Å²) in [5, 5.41) is 2.80. The van der Waals surface area contributed by atoms with Crippen LogP contribution in [0.3, 0.4) is 0 Å². The molecule has 2 aromatic carbocycles. The predicted molar refractivity (Wildman–Crippen MR) is 102 cm³/mol. The van der Waals surface area contributed by atoms with Gasteiger partial charge in [-0.05, 0) is 48.4 Å². The quantitative estimate of drug-likeness (QED) is 0.725. The van der Waals surface area contributed by atoms with Crippen LogP contribution >= 0.6 is 0 Å². The number of sulfonamides is 1. The highest BCUT2D eigenvalue weighted by Gasteiger charge is 2.18. The van der Waals surface area contributed by atoms with Crippen LogP contribution in [0.5, 0.6) is 11.5 Å². The van der Waals surface area contributed by atoms with E-state index in [1.807, 2.05) is 12.1 Å². The fraction of sp³-hybridized carbons (Fsp3) is 0.316. The van der Waals surface area contributed by atoms with Gasteiger partial charge in [0.15, 0.2) is 11.5 Å². The Balaban J connectivity index is 1.49. The Morgan fingerprint density at radius 1 is 1.14 bits per heavy atom. The van der Waals surface area contributed by atoms with Crippen molar-refractivity contribution in [2.45, 2.75) is 19.4 Å². The summed E-state index contributed by atoms with van der Waals surface area (Å²) in [4.78, 5) is 12.1. The lowest BCUT2D eigenvalue weighted by molar-refractivity contribution is -0.121. The summed E-state index contributed by atoms with van der Waals surface area (Å²) in [5.41, 5.74) is 1.24. The second kappa shape index (κ2) is 8.47. The Morgan fingerprint density at radius 2 is 1.86 bits per heavy atom. The number of carbonyl (C=O) groups excluding carboxylic acids is 1. The van der Waals surface area contributed by atoms with Gasteiger partial charge in [0.05, 0.1) is 11.9 Å². The van der Waals surface area contributed by atoms with E-state index in [0.717, 1.165) is 16.1 Å². The Morgan fingerprint density at radius 3 is 2.57 bits per heavy atom. The summed E-state index contributed by atoms with van der Waals surface area (Å²) >= 11 is 0. The molecular formula is C19H21FN2O5S. The summed E-state index contributed by atoms with van der Waals surface area (Å²) in [7, 11) is -3.54. The number of ether oxygens (including phenoxy) is 2. The van der Waals surface area contributed by atoms with Crippen LogP contribution in [0.1, 0.15) is 18.4 Å². The van der Waals surface area contributed by atoms with Gasteiger partial charge in [0.1, 0.15) is 5.82 Å². The third-order valence-electron chi connectivity index (χ3n) is 4.21. The van der Waals surface area contributed by atoms with E-state index in [-0.39, 0.29) is 25.7 Å². The second-order valence-electron chi connectivity index (χ2n) is 6.38. The zero-order chi connectivity index (χ0) is 20.1. The molecule has 28 heavy (non-hydrogen) atoms.